The highest BCUT2D eigenvalue weighted by Gasteiger charge is 2.01. The van der Waals surface area contributed by atoms with E-state index in [-0.39, 0.29) is 5.78 Å². The molecule has 2 aromatic rings. The van der Waals surface area contributed by atoms with Crippen LogP contribution in [0.4, 0.5) is 11.4 Å². The van der Waals surface area contributed by atoms with E-state index in [1.807, 2.05) is 37.3 Å². The fourth-order valence-corrected chi connectivity index (χ4v) is 1.53. The van der Waals surface area contributed by atoms with Crippen molar-refractivity contribution in [3.8, 4) is 0 Å². The molecule has 2 rings (SSSR count). The van der Waals surface area contributed by atoms with Gasteiger partial charge in [-0.3, -0.25) is 4.79 Å². The molecule has 0 aromatic heterocycles. The van der Waals surface area contributed by atoms with E-state index < -0.39 is 0 Å². The fraction of sp³-hybridized carbons (Fsp3) is 0.133. The van der Waals surface area contributed by atoms with Crippen molar-refractivity contribution >= 4 is 17.2 Å². The zero-order chi connectivity index (χ0) is 12.8. The molecule has 2 aromatic carbocycles. The molecule has 0 N–H and O–H groups in total. The monoisotopic (exact) mass is 238 g/mol. The predicted octanol–water partition coefficient (Wildman–Crippen LogP) is 4.69. The van der Waals surface area contributed by atoms with E-state index in [9.17, 15) is 4.79 Å². The van der Waals surface area contributed by atoms with Crippen molar-refractivity contribution < 1.29 is 4.79 Å². The Labute approximate surface area is 106 Å². The van der Waals surface area contributed by atoms with Crippen LogP contribution in [-0.2, 0) is 0 Å². The van der Waals surface area contributed by atoms with Gasteiger partial charge in [0.25, 0.3) is 0 Å². The van der Waals surface area contributed by atoms with Crippen molar-refractivity contribution in [1.29, 1.82) is 0 Å². The molecular formula is C15H14N2O. The van der Waals surface area contributed by atoms with Crippen molar-refractivity contribution in [2.45, 2.75) is 13.3 Å². The maximum absolute atomic E-state index is 11.5. The van der Waals surface area contributed by atoms with Crippen LogP contribution in [0.5, 0.6) is 0 Å². The molecule has 0 amide bonds. The largest absolute Gasteiger partial charge is 0.294 e. The van der Waals surface area contributed by atoms with Crippen LogP contribution < -0.4 is 0 Å². The van der Waals surface area contributed by atoms with Gasteiger partial charge in [-0.2, -0.15) is 10.2 Å². The molecule has 0 aliphatic carbocycles. The molecule has 0 heterocycles. The Hall–Kier alpha value is -2.29. The third-order valence-electron chi connectivity index (χ3n) is 2.55. The summed E-state index contributed by atoms with van der Waals surface area (Å²) in [6.45, 7) is 1.85. The van der Waals surface area contributed by atoms with Gasteiger partial charge in [0.15, 0.2) is 5.78 Å². The summed E-state index contributed by atoms with van der Waals surface area (Å²) in [4.78, 5) is 11.5. The molecule has 0 radical (unpaired) electrons. The number of carbonyl (C=O) groups excluding carboxylic acids is 1. The van der Waals surface area contributed by atoms with Gasteiger partial charge in [0.1, 0.15) is 0 Å². The smallest absolute Gasteiger partial charge is 0.162 e. The van der Waals surface area contributed by atoms with Crippen LogP contribution in [0.3, 0.4) is 0 Å². The van der Waals surface area contributed by atoms with Crippen LogP contribution in [0.1, 0.15) is 23.7 Å². The topological polar surface area (TPSA) is 41.8 Å². The lowest BCUT2D eigenvalue weighted by Crippen LogP contribution is -1.94. The van der Waals surface area contributed by atoms with E-state index in [0.717, 1.165) is 16.9 Å². The number of nitrogens with zero attached hydrogens (tertiary/aromatic N) is 2. The molecule has 0 spiro atoms. The van der Waals surface area contributed by atoms with Gasteiger partial charge >= 0.3 is 0 Å². The number of azo groups is 1. The summed E-state index contributed by atoms with van der Waals surface area (Å²) in [5.74, 6) is 0.140. The Kier molecular flexibility index (Phi) is 3.97. The number of Topliss-reactive ketones (excluding diaryl/α,β-unsaturated/α-hetero) is 1. The number of hydrogen-bond acceptors (Lipinski definition) is 3. The minimum atomic E-state index is 0.140. The fourth-order valence-electron chi connectivity index (χ4n) is 1.53. The Bertz CT molecular complexity index is 544. The average Bonchev–Trinajstić information content (AvgIpc) is 2.46. The molecule has 3 nitrogen and oxygen atoms in total. The summed E-state index contributed by atoms with van der Waals surface area (Å²) < 4.78 is 0. The summed E-state index contributed by atoms with van der Waals surface area (Å²) in [5, 5.41) is 8.23. The van der Waals surface area contributed by atoms with Crippen molar-refractivity contribution in [2.75, 3.05) is 0 Å². The van der Waals surface area contributed by atoms with Gasteiger partial charge in [-0.15, -0.1) is 0 Å². The molecule has 0 bridgehead atoms. The summed E-state index contributed by atoms with van der Waals surface area (Å²) in [6, 6.07) is 16.7. The van der Waals surface area contributed by atoms with E-state index in [2.05, 4.69) is 10.2 Å². The third-order valence-corrected chi connectivity index (χ3v) is 2.55. The van der Waals surface area contributed by atoms with E-state index >= 15 is 0 Å². The van der Waals surface area contributed by atoms with E-state index in [1.165, 1.54) is 0 Å². The van der Waals surface area contributed by atoms with Gasteiger partial charge in [-0.05, 0) is 36.4 Å². The first-order chi connectivity index (χ1) is 8.79. The molecule has 18 heavy (non-hydrogen) atoms. The summed E-state index contributed by atoms with van der Waals surface area (Å²) in [7, 11) is 0. The number of rotatable bonds is 4. The average molecular weight is 238 g/mol. The molecule has 0 atom stereocenters. The molecular weight excluding hydrogens is 224 g/mol. The number of benzene rings is 2. The Balaban J connectivity index is 2.11. The van der Waals surface area contributed by atoms with Gasteiger partial charge < -0.3 is 0 Å². The SMILES string of the molecule is CCC(=O)c1ccc(/N=N/c2ccccc2)cc1. The van der Waals surface area contributed by atoms with Crippen LogP contribution in [0.2, 0.25) is 0 Å². The van der Waals surface area contributed by atoms with E-state index in [0.29, 0.717) is 6.42 Å². The number of carbonyl (C=O) groups is 1. The second-order valence-corrected chi connectivity index (χ2v) is 3.86. The highest BCUT2D eigenvalue weighted by atomic mass is 16.1. The van der Waals surface area contributed by atoms with Crippen LogP contribution >= 0.6 is 0 Å². The molecule has 3 heteroatoms. The Morgan fingerprint density at radius 1 is 0.889 bits per heavy atom. The molecule has 90 valence electrons. The third kappa shape index (κ3) is 3.10. The standard InChI is InChI=1S/C15H14N2O/c1-2-15(18)12-8-10-14(11-9-12)17-16-13-6-4-3-5-7-13/h3-11H,2H2,1H3/b17-16+. The molecule has 0 saturated heterocycles. The van der Waals surface area contributed by atoms with Crippen molar-refractivity contribution in [2.24, 2.45) is 10.2 Å². The van der Waals surface area contributed by atoms with Crippen molar-refractivity contribution in [3.05, 3.63) is 60.2 Å². The Morgan fingerprint density at radius 2 is 1.44 bits per heavy atom. The first-order valence-electron chi connectivity index (χ1n) is 5.89. The minimum Gasteiger partial charge on any atom is -0.294 e. The normalized spacial score (nSPS) is 10.7. The minimum absolute atomic E-state index is 0.140. The van der Waals surface area contributed by atoms with Gasteiger partial charge in [-0.25, -0.2) is 0 Å². The van der Waals surface area contributed by atoms with Gasteiger partial charge in [0.2, 0.25) is 0 Å². The second kappa shape index (κ2) is 5.87. The maximum Gasteiger partial charge on any atom is 0.162 e. The second-order valence-electron chi connectivity index (χ2n) is 3.86. The van der Waals surface area contributed by atoms with Crippen LogP contribution in [0, 0.1) is 0 Å². The summed E-state index contributed by atoms with van der Waals surface area (Å²) in [5.41, 5.74) is 2.27. The number of hydrogen-bond donors (Lipinski definition) is 0. The van der Waals surface area contributed by atoms with Crippen molar-refractivity contribution in [3.63, 3.8) is 0 Å². The lowest BCUT2D eigenvalue weighted by Gasteiger charge is -1.97. The van der Waals surface area contributed by atoms with Gasteiger partial charge in [0, 0.05) is 12.0 Å². The van der Waals surface area contributed by atoms with Crippen LogP contribution in [-0.4, -0.2) is 5.78 Å². The lowest BCUT2D eigenvalue weighted by atomic mass is 10.1. The first kappa shape index (κ1) is 12.2. The zero-order valence-corrected chi connectivity index (χ0v) is 10.2. The van der Waals surface area contributed by atoms with Crippen LogP contribution in [0.25, 0.3) is 0 Å². The number of ketones is 1. The lowest BCUT2D eigenvalue weighted by molar-refractivity contribution is 0.0988. The van der Waals surface area contributed by atoms with E-state index in [4.69, 9.17) is 0 Å². The molecule has 0 fully saturated rings. The van der Waals surface area contributed by atoms with Gasteiger partial charge in [0.05, 0.1) is 11.4 Å². The molecule has 0 aliphatic heterocycles. The van der Waals surface area contributed by atoms with Crippen LogP contribution in [0.15, 0.2) is 64.8 Å². The van der Waals surface area contributed by atoms with Gasteiger partial charge in [-0.1, -0.05) is 25.1 Å². The zero-order valence-electron chi connectivity index (χ0n) is 10.2. The predicted molar refractivity (Wildman–Crippen MR) is 71.7 cm³/mol. The molecule has 0 saturated carbocycles. The highest BCUT2D eigenvalue weighted by molar-refractivity contribution is 5.96. The summed E-state index contributed by atoms with van der Waals surface area (Å²) >= 11 is 0. The van der Waals surface area contributed by atoms with E-state index in [1.54, 1.807) is 24.3 Å². The Morgan fingerprint density at radius 3 is 2.00 bits per heavy atom. The maximum atomic E-state index is 11.5. The first-order valence-corrected chi connectivity index (χ1v) is 5.89. The molecule has 0 aliphatic rings. The van der Waals surface area contributed by atoms with Crippen molar-refractivity contribution in [1.82, 2.24) is 0 Å². The molecule has 0 unspecified atom stereocenters. The quantitative estimate of drug-likeness (QED) is 0.562. The summed E-state index contributed by atoms with van der Waals surface area (Å²) in [6.07, 6.45) is 0.519. The highest BCUT2D eigenvalue weighted by Crippen LogP contribution is 2.18.